The van der Waals surface area contributed by atoms with E-state index in [4.69, 9.17) is 10.00 Å². The predicted octanol–water partition coefficient (Wildman–Crippen LogP) is 2.19. The molecule has 0 bridgehead atoms. The minimum atomic E-state index is 0.273. The fourth-order valence-electron chi connectivity index (χ4n) is 1.66. The molecule has 0 atom stereocenters. The molecule has 6 nitrogen and oxygen atoms in total. The molecule has 0 aliphatic carbocycles. The SMILES string of the molecule is COc1cccc(Nc2cc(N(C)CC#N)ncn2)c1. The summed E-state index contributed by atoms with van der Waals surface area (Å²) in [5.41, 5.74) is 0.872. The van der Waals surface area contributed by atoms with E-state index in [2.05, 4.69) is 21.4 Å². The molecule has 20 heavy (non-hydrogen) atoms. The van der Waals surface area contributed by atoms with E-state index in [1.54, 1.807) is 25.1 Å². The van der Waals surface area contributed by atoms with Crippen LogP contribution in [0.2, 0.25) is 0 Å². The van der Waals surface area contributed by atoms with Gasteiger partial charge >= 0.3 is 0 Å². The van der Waals surface area contributed by atoms with Gasteiger partial charge in [-0.3, -0.25) is 0 Å². The van der Waals surface area contributed by atoms with Gasteiger partial charge in [-0.05, 0) is 12.1 Å². The van der Waals surface area contributed by atoms with Crippen LogP contribution < -0.4 is 15.0 Å². The van der Waals surface area contributed by atoms with E-state index in [9.17, 15) is 0 Å². The zero-order valence-corrected chi connectivity index (χ0v) is 11.4. The van der Waals surface area contributed by atoms with Gasteiger partial charge in [-0.15, -0.1) is 0 Å². The number of hydrogen-bond donors (Lipinski definition) is 1. The maximum Gasteiger partial charge on any atom is 0.135 e. The summed E-state index contributed by atoms with van der Waals surface area (Å²) in [6.07, 6.45) is 1.46. The van der Waals surface area contributed by atoms with Gasteiger partial charge in [0, 0.05) is 24.9 Å². The van der Waals surface area contributed by atoms with Gasteiger partial charge in [0.15, 0.2) is 0 Å². The molecule has 102 valence electrons. The molecule has 0 aliphatic rings. The molecule has 0 aliphatic heterocycles. The Morgan fingerprint density at radius 2 is 2.20 bits per heavy atom. The lowest BCUT2D eigenvalue weighted by Gasteiger charge is -2.14. The molecule has 0 radical (unpaired) electrons. The van der Waals surface area contributed by atoms with Gasteiger partial charge in [-0.2, -0.15) is 5.26 Å². The van der Waals surface area contributed by atoms with Crippen LogP contribution in [0, 0.1) is 11.3 Å². The standard InChI is InChI=1S/C14H15N5O/c1-19(7-6-15)14-9-13(16-10-17-14)18-11-4-3-5-12(8-11)20-2/h3-5,8-10H,7H2,1-2H3,(H,16,17,18). The second kappa shape index (κ2) is 6.38. The van der Waals surface area contributed by atoms with E-state index in [0.717, 1.165) is 11.4 Å². The van der Waals surface area contributed by atoms with E-state index in [1.165, 1.54) is 6.33 Å². The van der Waals surface area contributed by atoms with Crippen molar-refractivity contribution in [2.45, 2.75) is 0 Å². The van der Waals surface area contributed by atoms with Crippen molar-refractivity contribution in [3.8, 4) is 11.8 Å². The molecule has 0 amide bonds. The Morgan fingerprint density at radius 3 is 2.95 bits per heavy atom. The van der Waals surface area contributed by atoms with Crippen molar-refractivity contribution in [3.63, 3.8) is 0 Å². The van der Waals surface area contributed by atoms with Crippen LogP contribution in [0.3, 0.4) is 0 Å². The fourth-order valence-corrected chi connectivity index (χ4v) is 1.66. The Kier molecular flexibility index (Phi) is 4.35. The fraction of sp³-hybridized carbons (Fsp3) is 0.214. The lowest BCUT2D eigenvalue weighted by atomic mass is 10.3. The first kappa shape index (κ1) is 13.6. The quantitative estimate of drug-likeness (QED) is 0.839. The molecule has 0 saturated carbocycles. The minimum absolute atomic E-state index is 0.273. The first-order valence-corrected chi connectivity index (χ1v) is 6.04. The summed E-state index contributed by atoms with van der Waals surface area (Å²) in [6, 6.07) is 11.4. The molecule has 1 aromatic heterocycles. The van der Waals surface area contributed by atoms with Gasteiger partial charge in [0.1, 0.15) is 30.3 Å². The molecular formula is C14H15N5O. The molecule has 0 spiro atoms. The number of aromatic nitrogens is 2. The highest BCUT2D eigenvalue weighted by atomic mass is 16.5. The predicted molar refractivity (Wildman–Crippen MR) is 77.2 cm³/mol. The van der Waals surface area contributed by atoms with Crippen LogP contribution in [0.4, 0.5) is 17.3 Å². The van der Waals surface area contributed by atoms with Crippen molar-refractivity contribution >= 4 is 17.3 Å². The molecule has 2 rings (SSSR count). The van der Waals surface area contributed by atoms with Crippen molar-refractivity contribution in [1.29, 1.82) is 5.26 Å². The number of nitriles is 1. The third-order valence-corrected chi connectivity index (χ3v) is 2.69. The number of rotatable bonds is 5. The summed E-state index contributed by atoms with van der Waals surface area (Å²) in [7, 11) is 3.43. The van der Waals surface area contributed by atoms with Crippen molar-refractivity contribution in [3.05, 3.63) is 36.7 Å². The average Bonchev–Trinajstić information content (AvgIpc) is 2.48. The number of methoxy groups -OCH3 is 1. The Hall–Kier alpha value is -2.81. The van der Waals surface area contributed by atoms with E-state index in [-0.39, 0.29) is 6.54 Å². The maximum absolute atomic E-state index is 8.70. The maximum atomic E-state index is 8.70. The van der Waals surface area contributed by atoms with Gasteiger partial charge in [0.2, 0.25) is 0 Å². The molecule has 6 heteroatoms. The normalized spacial score (nSPS) is 9.65. The Labute approximate surface area is 117 Å². The number of ether oxygens (including phenoxy) is 1. The van der Waals surface area contributed by atoms with Crippen LogP contribution in [0.15, 0.2) is 36.7 Å². The molecule has 0 fully saturated rings. The first-order chi connectivity index (χ1) is 9.72. The zero-order chi connectivity index (χ0) is 14.4. The zero-order valence-electron chi connectivity index (χ0n) is 11.4. The topological polar surface area (TPSA) is 74.1 Å². The van der Waals surface area contributed by atoms with E-state index in [1.807, 2.05) is 24.3 Å². The van der Waals surface area contributed by atoms with Crippen LogP contribution in [0.1, 0.15) is 0 Å². The largest absolute Gasteiger partial charge is 0.497 e. The van der Waals surface area contributed by atoms with Crippen molar-refractivity contribution in [1.82, 2.24) is 9.97 Å². The summed E-state index contributed by atoms with van der Waals surface area (Å²) >= 11 is 0. The van der Waals surface area contributed by atoms with Gasteiger partial charge in [0.25, 0.3) is 0 Å². The lowest BCUT2D eigenvalue weighted by Crippen LogP contribution is -2.18. The van der Waals surface area contributed by atoms with Crippen LogP contribution >= 0.6 is 0 Å². The van der Waals surface area contributed by atoms with Gasteiger partial charge in [0.05, 0.1) is 13.2 Å². The van der Waals surface area contributed by atoms with Gasteiger partial charge < -0.3 is 15.0 Å². The third-order valence-electron chi connectivity index (χ3n) is 2.69. The Morgan fingerprint density at radius 1 is 1.35 bits per heavy atom. The molecule has 1 aromatic carbocycles. The van der Waals surface area contributed by atoms with Crippen molar-refractivity contribution in [2.24, 2.45) is 0 Å². The van der Waals surface area contributed by atoms with Gasteiger partial charge in [-0.1, -0.05) is 6.07 Å². The molecule has 1 heterocycles. The van der Waals surface area contributed by atoms with Crippen LogP contribution in [-0.4, -0.2) is 30.7 Å². The van der Waals surface area contributed by atoms with Gasteiger partial charge in [-0.25, -0.2) is 9.97 Å². The number of nitrogens with zero attached hydrogens (tertiary/aromatic N) is 4. The highest BCUT2D eigenvalue weighted by Gasteiger charge is 2.04. The monoisotopic (exact) mass is 269 g/mol. The summed E-state index contributed by atoms with van der Waals surface area (Å²) in [5.74, 6) is 2.12. The Bertz CT molecular complexity index is 623. The van der Waals surface area contributed by atoms with Crippen LogP contribution in [0.5, 0.6) is 5.75 Å². The molecular weight excluding hydrogens is 254 g/mol. The summed E-state index contributed by atoms with van der Waals surface area (Å²) in [5, 5.41) is 11.9. The first-order valence-electron chi connectivity index (χ1n) is 6.04. The van der Waals surface area contributed by atoms with Crippen LogP contribution in [0.25, 0.3) is 0 Å². The average molecular weight is 269 g/mol. The molecule has 1 N–H and O–H groups in total. The molecule has 2 aromatic rings. The molecule has 0 unspecified atom stereocenters. The van der Waals surface area contributed by atoms with Crippen LogP contribution in [-0.2, 0) is 0 Å². The lowest BCUT2D eigenvalue weighted by molar-refractivity contribution is 0.415. The minimum Gasteiger partial charge on any atom is -0.497 e. The third kappa shape index (κ3) is 3.36. The summed E-state index contributed by atoms with van der Waals surface area (Å²) in [4.78, 5) is 10.0. The summed E-state index contributed by atoms with van der Waals surface area (Å²) < 4.78 is 5.17. The van der Waals surface area contributed by atoms with E-state index < -0.39 is 0 Å². The second-order valence-corrected chi connectivity index (χ2v) is 4.13. The van der Waals surface area contributed by atoms with Crippen molar-refractivity contribution < 1.29 is 4.74 Å². The molecule has 0 saturated heterocycles. The smallest absolute Gasteiger partial charge is 0.135 e. The van der Waals surface area contributed by atoms with E-state index in [0.29, 0.717) is 11.6 Å². The highest BCUT2D eigenvalue weighted by molar-refractivity contribution is 5.60. The number of nitrogens with one attached hydrogen (secondary N) is 1. The second-order valence-electron chi connectivity index (χ2n) is 4.13. The van der Waals surface area contributed by atoms with Crippen molar-refractivity contribution in [2.75, 3.05) is 30.9 Å². The Balaban J connectivity index is 2.17. The number of hydrogen-bond acceptors (Lipinski definition) is 6. The number of benzene rings is 1. The number of anilines is 3. The van der Waals surface area contributed by atoms with E-state index >= 15 is 0 Å². The highest BCUT2D eigenvalue weighted by Crippen LogP contribution is 2.21. The summed E-state index contributed by atoms with van der Waals surface area (Å²) in [6.45, 7) is 0.273.